The number of benzene rings is 2. The molecule has 4 heterocycles. The SMILES string of the molecule is COc1cc(C(=O)N2CC3(CN(C(=O)OC(C)(C)C)C3)C2)ccc1Nc1ncc(-c2ccc(C#N)c(OC(C)Cn3cnnn3)c2)cn1. The van der Waals surface area contributed by atoms with Crippen molar-refractivity contribution in [1.29, 1.82) is 5.26 Å². The Morgan fingerprint density at radius 3 is 2.40 bits per heavy atom. The van der Waals surface area contributed by atoms with Crippen molar-refractivity contribution in [2.75, 3.05) is 38.6 Å². The third-order valence-corrected chi connectivity index (χ3v) is 7.99. The number of methoxy groups -OCH3 is 1. The van der Waals surface area contributed by atoms with Gasteiger partial charge in [-0.05, 0) is 74.0 Å². The van der Waals surface area contributed by atoms with Crippen LogP contribution >= 0.6 is 0 Å². The molecule has 2 aliphatic heterocycles. The number of rotatable bonds is 9. The standard InChI is InChI=1S/C33H36N10O5/c1-21(15-43-20-37-39-40-43)47-27-10-22(6-7-24(27)12-34)25-13-35-30(36-14-25)38-26-9-8-23(11-28(26)46-5)29(44)41-16-33(17-41)18-42(19-33)31(45)48-32(2,3)4/h6-11,13-14,20-21H,15-19H2,1-5H3,(H,35,36,38). The lowest BCUT2D eigenvalue weighted by Crippen LogP contribution is -2.73. The largest absolute Gasteiger partial charge is 0.495 e. The van der Waals surface area contributed by atoms with Crippen LogP contribution in [-0.2, 0) is 11.3 Å². The van der Waals surface area contributed by atoms with E-state index in [1.54, 1.807) is 57.2 Å². The Balaban J connectivity index is 1.06. The fourth-order valence-electron chi connectivity index (χ4n) is 5.77. The number of ether oxygens (including phenoxy) is 3. The summed E-state index contributed by atoms with van der Waals surface area (Å²) in [5, 5.41) is 23.9. The predicted molar refractivity (Wildman–Crippen MR) is 173 cm³/mol. The molecule has 248 valence electrons. The topological polar surface area (TPSA) is 174 Å². The first-order valence-electron chi connectivity index (χ1n) is 15.4. The van der Waals surface area contributed by atoms with Crippen LogP contribution in [0.25, 0.3) is 11.1 Å². The van der Waals surface area contributed by atoms with Crippen LogP contribution in [0.5, 0.6) is 11.5 Å². The third kappa shape index (κ3) is 6.97. The number of carbonyl (C=O) groups is 2. The molecule has 2 amide bonds. The van der Waals surface area contributed by atoms with Crippen molar-refractivity contribution in [3.63, 3.8) is 0 Å². The van der Waals surface area contributed by atoms with Crippen molar-refractivity contribution in [2.24, 2.45) is 5.41 Å². The zero-order valence-corrected chi connectivity index (χ0v) is 27.4. The number of carbonyl (C=O) groups excluding carboxylic acids is 2. The zero-order valence-electron chi connectivity index (χ0n) is 27.4. The van der Waals surface area contributed by atoms with Crippen LogP contribution in [0, 0.1) is 16.7 Å². The van der Waals surface area contributed by atoms with E-state index in [1.165, 1.54) is 13.4 Å². The van der Waals surface area contributed by atoms with Gasteiger partial charge in [-0.1, -0.05) is 6.07 Å². The van der Waals surface area contributed by atoms with Crippen LogP contribution < -0.4 is 14.8 Å². The molecule has 0 radical (unpaired) electrons. The molecule has 0 aliphatic carbocycles. The second-order valence-corrected chi connectivity index (χ2v) is 13.1. The summed E-state index contributed by atoms with van der Waals surface area (Å²) in [4.78, 5) is 37.9. The highest BCUT2D eigenvalue weighted by molar-refractivity contribution is 5.96. The molecule has 2 saturated heterocycles. The minimum Gasteiger partial charge on any atom is -0.495 e. The van der Waals surface area contributed by atoms with Gasteiger partial charge in [0.05, 0.1) is 24.9 Å². The van der Waals surface area contributed by atoms with Crippen LogP contribution in [-0.4, -0.2) is 97.0 Å². The maximum Gasteiger partial charge on any atom is 0.410 e. The van der Waals surface area contributed by atoms with Crippen LogP contribution in [0.15, 0.2) is 55.1 Å². The summed E-state index contributed by atoms with van der Waals surface area (Å²) in [7, 11) is 1.53. The smallest absolute Gasteiger partial charge is 0.410 e. The molecule has 0 bridgehead atoms. The Labute approximate surface area is 277 Å². The molecule has 15 nitrogen and oxygen atoms in total. The highest BCUT2D eigenvalue weighted by Gasteiger charge is 2.55. The van der Waals surface area contributed by atoms with Gasteiger partial charge in [0.15, 0.2) is 0 Å². The molecule has 1 spiro atoms. The summed E-state index contributed by atoms with van der Waals surface area (Å²) in [5.74, 6) is 1.13. The van der Waals surface area contributed by atoms with Crippen molar-refractivity contribution >= 4 is 23.6 Å². The van der Waals surface area contributed by atoms with Gasteiger partial charge in [-0.25, -0.2) is 19.4 Å². The van der Waals surface area contributed by atoms with Gasteiger partial charge in [-0.15, -0.1) is 5.10 Å². The van der Waals surface area contributed by atoms with Crippen LogP contribution in [0.2, 0.25) is 0 Å². The van der Waals surface area contributed by atoms with Gasteiger partial charge in [0.25, 0.3) is 5.91 Å². The number of hydrogen-bond donors (Lipinski definition) is 1. The van der Waals surface area contributed by atoms with Crippen LogP contribution in [0.1, 0.15) is 43.6 Å². The molecule has 4 aromatic rings. The maximum absolute atomic E-state index is 13.2. The van der Waals surface area contributed by atoms with E-state index in [2.05, 4.69) is 36.9 Å². The van der Waals surface area contributed by atoms with Crippen molar-refractivity contribution in [3.8, 4) is 28.7 Å². The summed E-state index contributed by atoms with van der Waals surface area (Å²) in [6.45, 7) is 10.1. The molecule has 15 heteroatoms. The van der Waals surface area contributed by atoms with Crippen molar-refractivity contribution < 1.29 is 23.8 Å². The third-order valence-electron chi connectivity index (χ3n) is 7.99. The number of nitrogens with one attached hydrogen (secondary N) is 1. The van der Waals surface area contributed by atoms with Gasteiger partial charge in [-0.3, -0.25) is 4.79 Å². The van der Waals surface area contributed by atoms with E-state index in [9.17, 15) is 14.9 Å². The predicted octanol–water partition coefficient (Wildman–Crippen LogP) is 3.91. The van der Waals surface area contributed by atoms with Crippen molar-refractivity contribution in [2.45, 2.75) is 45.9 Å². The Hall–Kier alpha value is -5.78. The molecule has 2 aromatic carbocycles. The molecule has 2 fully saturated rings. The van der Waals surface area contributed by atoms with Crippen LogP contribution in [0.4, 0.5) is 16.4 Å². The second-order valence-electron chi connectivity index (χ2n) is 13.1. The average molecular weight is 653 g/mol. The highest BCUT2D eigenvalue weighted by Crippen LogP contribution is 2.41. The molecule has 2 aliphatic rings. The first kappa shape index (κ1) is 32.2. The first-order valence-corrected chi connectivity index (χ1v) is 15.4. The van der Waals surface area contributed by atoms with Crippen molar-refractivity contribution in [3.05, 3.63) is 66.2 Å². The highest BCUT2D eigenvalue weighted by atomic mass is 16.6. The van der Waals surface area contributed by atoms with E-state index in [0.717, 1.165) is 11.1 Å². The normalized spacial score (nSPS) is 15.5. The molecule has 48 heavy (non-hydrogen) atoms. The van der Waals surface area contributed by atoms with Crippen LogP contribution in [0.3, 0.4) is 0 Å². The number of nitrogens with zero attached hydrogens (tertiary/aromatic N) is 9. The fourth-order valence-corrected chi connectivity index (χ4v) is 5.77. The quantitative estimate of drug-likeness (QED) is 0.277. The monoisotopic (exact) mass is 652 g/mol. The minimum atomic E-state index is -0.540. The second kappa shape index (κ2) is 12.8. The maximum atomic E-state index is 13.2. The van der Waals surface area contributed by atoms with E-state index < -0.39 is 5.60 Å². The zero-order chi connectivity index (χ0) is 34.1. The number of aromatic nitrogens is 6. The van der Waals surface area contributed by atoms with Gasteiger partial charge in [0.2, 0.25) is 5.95 Å². The molecular formula is C33H36N10O5. The summed E-state index contributed by atoms with van der Waals surface area (Å²) < 4.78 is 18.6. The first-order chi connectivity index (χ1) is 22.9. The number of tetrazole rings is 1. The molecule has 1 N–H and O–H groups in total. The van der Waals surface area contributed by atoms with E-state index in [0.29, 0.717) is 67.0 Å². The van der Waals surface area contributed by atoms with Gasteiger partial charge in [0.1, 0.15) is 35.6 Å². The number of anilines is 2. The molecule has 1 unspecified atom stereocenters. The molecule has 1 atom stereocenters. The molecule has 2 aromatic heterocycles. The Kier molecular flexibility index (Phi) is 8.57. The molecular weight excluding hydrogens is 616 g/mol. The molecule has 6 rings (SSSR count). The van der Waals surface area contributed by atoms with E-state index in [1.807, 2.05) is 33.8 Å². The van der Waals surface area contributed by atoms with E-state index in [4.69, 9.17) is 14.2 Å². The number of amides is 2. The number of hydrogen-bond acceptors (Lipinski definition) is 12. The average Bonchev–Trinajstić information content (AvgIpc) is 3.52. The Morgan fingerprint density at radius 2 is 1.75 bits per heavy atom. The van der Waals surface area contributed by atoms with E-state index in [-0.39, 0.29) is 23.5 Å². The summed E-state index contributed by atoms with van der Waals surface area (Å²) >= 11 is 0. The van der Waals surface area contributed by atoms with Gasteiger partial charge < -0.3 is 29.3 Å². The Morgan fingerprint density at radius 1 is 1.02 bits per heavy atom. The van der Waals surface area contributed by atoms with Gasteiger partial charge >= 0.3 is 6.09 Å². The van der Waals surface area contributed by atoms with Gasteiger partial charge in [0, 0.05) is 55.1 Å². The summed E-state index contributed by atoms with van der Waals surface area (Å²) in [5.41, 5.74) is 2.39. The lowest BCUT2D eigenvalue weighted by atomic mass is 9.73. The fraction of sp³-hybridized carbons (Fsp3) is 0.394. The van der Waals surface area contributed by atoms with E-state index >= 15 is 0 Å². The summed E-state index contributed by atoms with van der Waals surface area (Å²) in [6.07, 6.45) is 4.22. The minimum absolute atomic E-state index is 0.0665. The van der Waals surface area contributed by atoms with Gasteiger partial charge in [-0.2, -0.15) is 5.26 Å². The number of nitriles is 1. The summed E-state index contributed by atoms with van der Waals surface area (Å²) in [6, 6.07) is 12.6. The lowest BCUT2D eigenvalue weighted by molar-refractivity contribution is -0.0980. The lowest BCUT2D eigenvalue weighted by Gasteiger charge is -2.59. The number of likely N-dealkylation sites (tertiary alicyclic amines) is 2. The Bertz CT molecular complexity index is 1840. The van der Waals surface area contributed by atoms with Crippen molar-refractivity contribution in [1.82, 2.24) is 40.0 Å². The molecule has 0 saturated carbocycles.